The van der Waals surface area contributed by atoms with Gasteiger partial charge in [-0.25, -0.2) is 14.8 Å². The van der Waals surface area contributed by atoms with E-state index in [0.29, 0.717) is 11.3 Å². The number of carbonyl (C=O) groups is 3. The highest BCUT2D eigenvalue weighted by molar-refractivity contribution is 8.02. The summed E-state index contributed by atoms with van der Waals surface area (Å²) in [6, 6.07) is -1.02. The van der Waals surface area contributed by atoms with Crippen molar-refractivity contribution in [2.75, 3.05) is 30.8 Å². The summed E-state index contributed by atoms with van der Waals surface area (Å²) >= 11 is 9.75. The number of aromatic nitrogens is 3. The van der Waals surface area contributed by atoms with E-state index in [9.17, 15) is 24.7 Å². The van der Waals surface area contributed by atoms with Crippen LogP contribution in [-0.2, 0) is 20.9 Å². The summed E-state index contributed by atoms with van der Waals surface area (Å²) in [5.41, 5.74) is 6.36. The predicted octanol–water partition coefficient (Wildman–Crippen LogP) is 1.82. The number of thiazole rings is 1. The molecule has 0 radical (unpaired) electrons. The first kappa shape index (κ1) is 30.8. The number of nitrogens with one attached hydrogen (secondary N) is 2. The molecule has 0 bridgehead atoms. The van der Waals surface area contributed by atoms with Crippen molar-refractivity contribution in [3.8, 4) is 0 Å². The molecule has 210 valence electrons. The van der Waals surface area contributed by atoms with Crippen molar-refractivity contribution < 1.29 is 24.7 Å². The number of rotatable bonds is 11. The Balaban J connectivity index is 0.00000420. The van der Waals surface area contributed by atoms with Crippen LogP contribution in [0.25, 0.3) is 0 Å². The molecule has 6 N–H and O–H groups in total. The number of thioether (sulfide) groups is 2. The lowest BCUT2D eigenvalue weighted by Crippen LogP contribution is -2.71. The van der Waals surface area contributed by atoms with Gasteiger partial charge in [-0.05, 0) is 24.1 Å². The van der Waals surface area contributed by atoms with E-state index in [4.69, 9.17) is 17.3 Å². The number of fused-ring (bicyclic) bond motifs is 1. The lowest BCUT2D eigenvalue weighted by molar-refractivity contribution is -0.150. The van der Waals surface area contributed by atoms with Gasteiger partial charge in [0, 0.05) is 36.5 Å². The van der Waals surface area contributed by atoms with E-state index in [1.54, 1.807) is 18.6 Å². The van der Waals surface area contributed by atoms with Crippen molar-refractivity contribution in [3.63, 3.8) is 0 Å². The van der Waals surface area contributed by atoms with Gasteiger partial charge in [-0.3, -0.25) is 19.4 Å². The minimum atomic E-state index is -1.24. The number of hydrogen-bond donors (Lipinski definition) is 5. The van der Waals surface area contributed by atoms with Gasteiger partial charge in [-0.2, -0.15) is 0 Å². The maximum atomic E-state index is 12.9. The minimum absolute atomic E-state index is 0. The number of amides is 2. The highest BCUT2D eigenvalue weighted by Gasteiger charge is 2.54. The molecule has 2 amide bonds. The van der Waals surface area contributed by atoms with Gasteiger partial charge in [0.15, 0.2) is 10.8 Å². The van der Waals surface area contributed by atoms with Crippen molar-refractivity contribution in [2.24, 2.45) is 5.16 Å². The molecule has 0 unspecified atom stereocenters. The Morgan fingerprint density at radius 2 is 2.26 bits per heavy atom. The maximum Gasteiger partial charge on any atom is 0.352 e. The van der Waals surface area contributed by atoms with Gasteiger partial charge in [-0.15, -0.1) is 35.9 Å². The Labute approximate surface area is 246 Å². The zero-order valence-corrected chi connectivity index (χ0v) is 24.3. The second kappa shape index (κ2) is 13.5. The van der Waals surface area contributed by atoms with E-state index in [1.165, 1.54) is 23.5 Å². The molecule has 4 rings (SSSR count). The number of aliphatic carboxylic acids is 1. The fourth-order valence-corrected chi connectivity index (χ4v) is 6.85. The first-order chi connectivity index (χ1) is 18.2. The molecule has 13 nitrogen and oxygen atoms in total. The number of halogens is 2. The molecular weight excluding hydrogens is 611 g/mol. The standard InChI is InChI=1S/C21H23ClN8O5S3.ClH/c1-29(7-11-6-24-9-25-11)3-5-36-4-2-10-8-37-19-14(18(32)30(19)15(10)20(33)34)26-17(31)13(28-35)12-16(22)38-21(23)27-12;/h2,4,6,9,14,19,35H,3,5,7-8H2,1H3,(H2,23,27)(H,24,25)(H,26,31)(H,33,34);1H/b4-2?,28-13-;/t14-,19-;/m1./s1. The fraction of sp³-hybridized carbons (Fsp3) is 0.333. The third-order valence-electron chi connectivity index (χ3n) is 5.58. The molecule has 2 aliphatic heterocycles. The Bertz CT molecular complexity index is 1320. The molecule has 39 heavy (non-hydrogen) atoms. The normalized spacial score (nSPS) is 19.2. The molecule has 4 heterocycles. The van der Waals surface area contributed by atoms with Crippen molar-refractivity contribution in [2.45, 2.75) is 18.0 Å². The number of carbonyl (C=O) groups excluding carboxylic acids is 2. The third-order valence-corrected chi connectivity index (χ3v) is 8.71. The molecule has 0 spiro atoms. The summed E-state index contributed by atoms with van der Waals surface area (Å²) in [7, 11) is 2.00. The van der Waals surface area contributed by atoms with E-state index >= 15 is 0 Å². The van der Waals surface area contributed by atoms with Gasteiger partial charge in [0.2, 0.25) is 0 Å². The molecule has 18 heteroatoms. The number of carboxylic acids is 1. The van der Waals surface area contributed by atoms with Crippen molar-refractivity contribution in [1.29, 1.82) is 0 Å². The lowest BCUT2D eigenvalue weighted by Gasteiger charge is -2.49. The number of carboxylic acid groups (broad SMARTS) is 1. The molecule has 1 saturated heterocycles. The zero-order valence-electron chi connectivity index (χ0n) is 20.2. The van der Waals surface area contributed by atoms with Crippen LogP contribution in [0.15, 0.2) is 40.4 Å². The van der Waals surface area contributed by atoms with Crippen LogP contribution in [0.1, 0.15) is 11.4 Å². The number of aromatic amines is 1. The van der Waals surface area contributed by atoms with Crippen molar-refractivity contribution >= 4 is 87.5 Å². The van der Waals surface area contributed by atoms with Gasteiger partial charge in [-0.1, -0.05) is 28.1 Å². The predicted molar refractivity (Wildman–Crippen MR) is 153 cm³/mol. The maximum absolute atomic E-state index is 12.9. The molecule has 2 aromatic rings. The largest absolute Gasteiger partial charge is 0.477 e. The Morgan fingerprint density at radius 1 is 1.49 bits per heavy atom. The first-order valence-electron chi connectivity index (χ1n) is 11.0. The topological polar surface area (TPSA) is 190 Å². The molecule has 0 aromatic carbocycles. The van der Waals surface area contributed by atoms with E-state index < -0.39 is 34.9 Å². The van der Waals surface area contributed by atoms with Gasteiger partial charge < -0.3 is 26.3 Å². The van der Waals surface area contributed by atoms with Gasteiger partial charge in [0.1, 0.15) is 27.1 Å². The van der Waals surface area contributed by atoms with Crippen molar-refractivity contribution in [3.05, 3.63) is 51.0 Å². The molecular formula is C21H24Cl2N8O5S3. The van der Waals surface area contributed by atoms with Crippen LogP contribution in [0.4, 0.5) is 5.13 Å². The summed E-state index contributed by atoms with van der Waals surface area (Å²) in [6.07, 6.45) is 5.11. The number of nitrogens with zero attached hydrogens (tertiary/aromatic N) is 5. The summed E-state index contributed by atoms with van der Waals surface area (Å²) in [6.45, 7) is 1.54. The van der Waals surface area contributed by atoms with Gasteiger partial charge >= 0.3 is 5.97 Å². The van der Waals surface area contributed by atoms with Crippen LogP contribution < -0.4 is 11.1 Å². The monoisotopic (exact) mass is 634 g/mol. The number of H-pyrrole nitrogens is 1. The van der Waals surface area contributed by atoms with Crippen LogP contribution in [0.5, 0.6) is 0 Å². The molecule has 2 aromatic heterocycles. The zero-order chi connectivity index (χ0) is 27.4. The number of anilines is 1. The SMILES string of the molecule is CN(CCSC=CC1=C(C(=O)O)N2C(=O)[C@@H](NC(=O)/C(=N\O)c3nc(N)sc3Cl)[C@H]2SC1)Cc1cnc[nH]1.Cl. The fourth-order valence-electron chi connectivity index (χ4n) is 3.79. The summed E-state index contributed by atoms with van der Waals surface area (Å²) in [5, 5.41) is 25.9. The highest BCUT2D eigenvalue weighted by atomic mass is 35.5. The summed E-state index contributed by atoms with van der Waals surface area (Å²) in [4.78, 5) is 51.9. The van der Waals surface area contributed by atoms with Gasteiger partial charge in [0.05, 0.1) is 6.33 Å². The second-order valence-corrected chi connectivity index (χ2v) is 11.9. The molecule has 2 atom stereocenters. The van der Waals surface area contributed by atoms with E-state index in [0.717, 1.165) is 40.8 Å². The Morgan fingerprint density at radius 3 is 2.87 bits per heavy atom. The second-order valence-electron chi connectivity index (χ2n) is 8.15. The summed E-state index contributed by atoms with van der Waals surface area (Å²) in [5.74, 6) is -1.60. The average Bonchev–Trinajstić information content (AvgIpc) is 3.50. The van der Waals surface area contributed by atoms with Crippen molar-refractivity contribution in [1.82, 2.24) is 30.1 Å². The third kappa shape index (κ3) is 6.88. The molecule has 1 fully saturated rings. The highest BCUT2D eigenvalue weighted by Crippen LogP contribution is 2.41. The van der Waals surface area contributed by atoms with E-state index in [-0.39, 0.29) is 33.3 Å². The number of imidazole rings is 1. The van der Waals surface area contributed by atoms with Crippen LogP contribution in [0.3, 0.4) is 0 Å². The van der Waals surface area contributed by atoms with Crippen LogP contribution >= 0.6 is 58.9 Å². The molecule has 0 aliphatic carbocycles. The van der Waals surface area contributed by atoms with E-state index in [1.807, 2.05) is 12.5 Å². The lowest BCUT2D eigenvalue weighted by atomic mass is 10.0. The number of hydrogen-bond acceptors (Lipinski definition) is 12. The van der Waals surface area contributed by atoms with Gasteiger partial charge in [0.25, 0.3) is 11.8 Å². The number of oxime groups is 1. The number of allylic oxidation sites excluding steroid dienone is 1. The number of nitrogen functional groups attached to an aromatic ring is 1. The summed E-state index contributed by atoms with van der Waals surface area (Å²) < 4.78 is 0.0499. The smallest absolute Gasteiger partial charge is 0.352 e. The van der Waals surface area contributed by atoms with Crippen LogP contribution in [0.2, 0.25) is 4.34 Å². The Kier molecular flexibility index (Phi) is 10.7. The number of β-lactam (4-membered cyclic amide) rings is 1. The van der Waals surface area contributed by atoms with Crippen LogP contribution in [-0.4, -0.2) is 95.1 Å². The Hall–Kier alpha value is -2.76. The average molecular weight is 636 g/mol. The quantitative estimate of drug-likeness (QED) is 0.0796. The molecule has 0 saturated carbocycles. The minimum Gasteiger partial charge on any atom is -0.477 e. The molecule has 2 aliphatic rings. The van der Waals surface area contributed by atoms with Crippen LogP contribution in [0, 0.1) is 0 Å². The number of nitrogens with two attached hydrogens (primary N) is 1. The van der Waals surface area contributed by atoms with E-state index in [2.05, 4.69) is 30.3 Å². The first-order valence-corrected chi connectivity index (χ1v) is 14.3.